The number of hydrogen-bond acceptors (Lipinski definition) is 2. The molecule has 3 heteroatoms. The number of hydrogen-bond donors (Lipinski definition) is 1. The summed E-state index contributed by atoms with van der Waals surface area (Å²) in [4.78, 5) is 0. The van der Waals surface area contributed by atoms with Crippen LogP contribution < -0.4 is 10.5 Å². The van der Waals surface area contributed by atoms with E-state index in [4.69, 9.17) is 22.1 Å². The summed E-state index contributed by atoms with van der Waals surface area (Å²) in [5, 5.41) is 0.749. The molecular weight excluding hydrogens is 210 g/mol. The molecule has 0 amide bonds. The van der Waals surface area contributed by atoms with Crippen molar-refractivity contribution in [2.75, 3.05) is 7.11 Å². The molecule has 84 valence electrons. The number of rotatable bonds is 4. The van der Waals surface area contributed by atoms with E-state index in [1.165, 1.54) is 0 Å². The van der Waals surface area contributed by atoms with Gasteiger partial charge in [0.15, 0.2) is 0 Å². The van der Waals surface area contributed by atoms with Crippen molar-refractivity contribution in [3.05, 3.63) is 28.8 Å². The highest BCUT2D eigenvalue weighted by Gasteiger charge is 2.11. The Morgan fingerprint density at radius 1 is 1.40 bits per heavy atom. The molecule has 1 rings (SSSR count). The molecule has 0 aromatic heterocycles. The maximum absolute atomic E-state index is 6.12. The Hall–Kier alpha value is -0.730. The average Bonchev–Trinajstić information content (AvgIpc) is 2.14. The fraction of sp³-hybridized carbons (Fsp3) is 0.500. The molecule has 0 saturated heterocycles. The quantitative estimate of drug-likeness (QED) is 0.858. The van der Waals surface area contributed by atoms with Crippen LogP contribution >= 0.6 is 11.6 Å². The van der Waals surface area contributed by atoms with Crippen molar-refractivity contribution in [3.8, 4) is 5.75 Å². The SMILES string of the molecule is COc1ccc(CCC(C)(C)N)c(Cl)c1. The lowest BCUT2D eigenvalue weighted by atomic mass is 9.96. The first-order valence-electron chi connectivity index (χ1n) is 5.04. The molecule has 1 aromatic carbocycles. The van der Waals surface area contributed by atoms with Gasteiger partial charge in [0.05, 0.1) is 7.11 Å². The lowest BCUT2D eigenvalue weighted by Gasteiger charge is -2.18. The monoisotopic (exact) mass is 227 g/mol. The normalized spacial score (nSPS) is 11.5. The van der Waals surface area contributed by atoms with Crippen molar-refractivity contribution in [2.45, 2.75) is 32.2 Å². The third-order valence-corrected chi connectivity index (χ3v) is 2.65. The second-order valence-corrected chi connectivity index (χ2v) is 4.85. The number of halogens is 1. The average molecular weight is 228 g/mol. The first kappa shape index (κ1) is 12.3. The van der Waals surface area contributed by atoms with Gasteiger partial charge in [-0.1, -0.05) is 17.7 Å². The summed E-state index contributed by atoms with van der Waals surface area (Å²) < 4.78 is 5.09. The zero-order valence-electron chi connectivity index (χ0n) is 9.51. The van der Waals surface area contributed by atoms with Crippen molar-refractivity contribution in [3.63, 3.8) is 0 Å². The van der Waals surface area contributed by atoms with E-state index in [1.807, 2.05) is 32.0 Å². The molecule has 2 nitrogen and oxygen atoms in total. The zero-order chi connectivity index (χ0) is 11.5. The molecule has 1 aromatic rings. The summed E-state index contributed by atoms with van der Waals surface area (Å²) >= 11 is 6.12. The van der Waals surface area contributed by atoms with Crippen molar-refractivity contribution < 1.29 is 4.74 Å². The molecular formula is C12H18ClNO. The molecule has 0 atom stereocenters. The van der Waals surface area contributed by atoms with Gasteiger partial charge in [0.2, 0.25) is 0 Å². The molecule has 0 bridgehead atoms. The van der Waals surface area contributed by atoms with Gasteiger partial charge in [-0.15, -0.1) is 0 Å². The Balaban J connectivity index is 2.70. The molecule has 0 aliphatic carbocycles. The first-order chi connectivity index (χ1) is 6.92. The maximum Gasteiger partial charge on any atom is 0.120 e. The summed E-state index contributed by atoms with van der Waals surface area (Å²) in [5.41, 5.74) is 6.89. The van der Waals surface area contributed by atoms with E-state index in [0.29, 0.717) is 0 Å². The van der Waals surface area contributed by atoms with Crippen molar-refractivity contribution >= 4 is 11.6 Å². The van der Waals surface area contributed by atoms with Crippen molar-refractivity contribution in [1.29, 1.82) is 0 Å². The van der Waals surface area contributed by atoms with Crippen LogP contribution in [0.2, 0.25) is 5.02 Å². The molecule has 2 N–H and O–H groups in total. The molecule has 0 heterocycles. The summed E-state index contributed by atoms with van der Waals surface area (Å²) in [6, 6.07) is 5.75. The lowest BCUT2D eigenvalue weighted by molar-refractivity contribution is 0.414. The Morgan fingerprint density at radius 2 is 2.07 bits per heavy atom. The topological polar surface area (TPSA) is 35.2 Å². The van der Waals surface area contributed by atoms with Gasteiger partial charge in [0.25, 0.3) is 0 Å². The minimum Gasteiger partial charge on any atom is -0.497 e. The fourth-order valence-corrected chi connectivity index (χ4v) is 1.58. The van der Waals surface area contributed by atoms with Gasteiger partial charge in [0.1, 0.15) is 5.75 Å². The second-order valence-electron chi connectivity index (χ2n) is 4.45. The zero-order valence-corrected chi connectivity index (χ0v) is 10.3. The molecule has 15 heavy (non-hydrogen) atoms. The molecule has 0 unspecified atom stereocenters. The second kappa shape index (κ2) is 4.86. The predicted molar refractivity (Wildman–Crippen MR) is 64.6 cm³/mol. The number of aryl methyl sites for hydroxylation is 1. The van der Waals surface area contributed by atoms with Gasteiger partial charge in [-0.3, -0.25) is 0 Å². The van der Waals surface area contributed by atoms with Crippen molar-refractivity contribution in [1.82, 2.24) is 0 Å². The molecule has 0 spiro atoms. The van der Waals surface area contributed by atoms with Crippen LogP contribution in [0.3, 0.4) is 0 Å². The van der Waals surface area contributed by atoms with Crippen molar-refractivity contribution in [2.24, 2.45) is 5.73 Å². The molecule has 0 aliphatic rings. The summed E-state index contributed by atoms with van der Waals surface area (Å²) in [7, 11) is 1.63. The number of ether oxygens (including phenoxy) is 1. The van der Waals surface area contributed by atoms with Gasteiger partial charge in [0, 0.05) is 10.6 Å². The van der Waals surface area contributed by atoms with E-state index >= 15 is 0 Å². The van der Waals surface area contributed by atoms with E-state index < -0.39 is 0 Å². The van der Waals surface area contributed by atoms with Crippen LogP contribution in [-0.2, 0) is 6.42 Å². The standard InChI is InChI=1S/C12H18ClNO/c1-12(2,14)7-6-9-4-5-10(15-3)8-11(9)13/h4-5,8H,6-7,14H2,1-3H3. The van der Waals surface area contributed by atoms with E-state index in [2.05, 4.69) is 0 Å². The Bertz CT molecular complexity index is 331. The van der Waals surface area contributed by atoms with Crippen LogP contribution in [0.15, 0.2) is 18.2 Å². The first-order valence-corrected chi connectivity index (χ1v) is 5.41. The van der Waals surface area contributed by atoms with Crippen LogP contribution in [0.5, 0.6) is 5.75 Å². The fourth-order valence-electron chi connectivity index (χ4n) is 1.31. The Labute approximate surface area is 96.4 Å². The number of benzene rings is 1. The van der Waals surface area contributed by atoms with Gasteiger partial charge >= 0.3 is 0 Å². The molecule has 0 radical (unpaired) electrons. The van der Waals surface area contributed by atoms with E-state index in [9.17, 15) is 0 Å². The molecule has 0 saturated carbocycles. The van der Waals surface area contributed by atoms with Gasteiger partial charge in [-0.25, -0.2) is 0 Å². The molecule has 0 fully saturated rings. The summed E-state index contributed by atoms with van der Waals surface area (Å²) in [5.74, 6) is 0.788. The highest BCUT2D eigenvalue weighted by molar-refractivity contribution is 6.31. The smallest absolute Gasteiger partial charge is 0.120 e. The third kappa shape index (κ3) is 4.10. The van der Waals surface area contributed by atoms with Crippen LogP contribution in [0.25, 0.3) is 0 Å². The van der Waals surface area contributed by atoms with Gasteiger partial charge in [-0.05, 0) is 44.4 Å². The van der Waals surface area contributed by atoms with E-state index in [0.717, 1.165) is 29.2 Å². The Kier molecular flexibility index (Phi) is 4.00. The highest BCUT2D eigenvalue weighted by atomic mass is 35.5. The van der Waals surface area contributed by atoms with E-state index in [-0.39, 0.29) is 5.54 Å². The number of methoxy groups -OCH3 is 1. The minimum absolute atomic E-state index is 0.150. The predicted octanol–water partition coefficient (Wildman–Crippen LogP) is 3.02. The van der Waals surface area contributed by atoms with E-state index in [1.54, 1.807) is 7.11 Å². The summed E-state index contributed by atoms with van der Waals surface area (Å²) in [6.07, 6.45) is 1.81. The Morgan fingerprint density at radius 3 is 2.53 bits per heavy atom. The van der Waals surface area contributed by atoms with Crippen LogP contribution in [-0.4, -0.2) is 12.6 Å². The number of nitrogens with two attached hydrogens (primary N) is 1. The lowest BCUT2D eigenvalue weighted by Crippen LogP contribution is -2.32. The van der Waals surface area contributed by atoms with Crippen LogP contribution in [0.4, 0.5) is 0 Å². The molecule has 0 aliphatic heterocycles. The van der Waals surface area contributed by atoms with Crippen LogP contribution in [0.1, 0.15) is 25.8 Å². The third-order valence-electron chi connectivity index (χ3n) is 2.30. The summed E-state index contributed by atoms with van der Waals surface area (Å²) in [6.45, 7) is 4.04. The van der Waals surface area contributed by atoms with Gasteiger partial charge in [-0.2, -0.15) is 0 Å². The maximum atomic E-state index is 6.12. The highest BCUT2D eigenvalue weighted by Crippen LogP contribution is 2.24. The van der Waals surface area contributed by atoms with Crippen LogP contribution in [0, 0.1) is 0 Å². The largest absolute Gasteiger partial charge is 0.497 e. The van der Waals surface area contributed by atoms with Gasteiger partial charge < -0.3 is 10.5 Å². The minimum atomic E-state index is -0.150.